The van der Waals surface area contributed by atoms with Crippen molar-refractivity contribution in [1.82, 2.24) is 0 Å². The first-order chi connectivity index (χ1) is 17.0. The average Bonchev–Trinajstić information content (AvgIpc) is 2.86. The molecule has 3 rings (SSSR count). The summed E-state index contributed by atoms with van der Waals surface area (Å²) in [5.74, 6) is -1.65. The Morgan fingerprint density at radius 3 is 1.64 bits per heavy atom. The summed E-state index contributed by atoms with van der Waals surface area (Å²) >= 11 is 0. The number of phenols is 3. The molecule has 9 nitrogen and oxygen atoms in total. The normalized spacial score (nSPS) is 9.50. The Bertz CT molecular complexity index is 1200. The number of hydrogen-bond acceptors (Lipinski definition) is 9. The van der Waals surface area contributed by atoms with E-state index in [1.165, 1.54) is 45.6 Å². The van der Waals surface area contributed by atoms with Crippen molar-refractivity contribution in [3.05, 3.63) is 88.0 Å². The summed E-state index contributed by atoms with van der Waals surface area (Å²) in [5.41, 5.74) is 3.09. The largest absolute Gasteiger partial charge is 0.507 e. The van der Waals surface area contributed by atoms with E-state index in [0.29, 0.717) is 5.56 Å². The number of carbonyl (C=O) groups excluding carboxylic acids is 3. The van der Waals surface area contributed by atoms with E-state index in [0.717, 1.165) is 11.1 Å². The Hall–Kier alpha value is -4.53. The van der Waals surface area contributed by atoms with E-state index in [4.69, 9.17) is 0 Å². The molecule has 192 valence electrons. The van der Waals surface area contributed by atoms with Crippen LogP contribution in [0.3, 0.4) is 0 Å². The number of phenolic OH excluding ortho intramolecular Hbond substituents is 3. The lowest BCUT2D eigenvalue weighted by atomic mass is 10.1. The third-order valence-electron chi connectivity index (χ3n) is 4.76. The Balaban J connectivity index is 0.000000270. The van der Waals surface area contributed by atoms with E-state index in [-0.39, 0.29) is 33.9 Å². The van der Waals surface area contributed by atoms with E-state index in [1.54, 1.807) is 37.3 Å². The molecule has 0 saturated carbocycles. The van der Waals surface area contributed by atoms with Gasteiger partial charge in [-0.25, -0.2) is 14.4 Å². The maximum Gasteiger partial charge on any atom is 0.341 e. The molecule has 0 saturated heterocycles. The van der Waals surface area contributed by atoms with Crippen LogP contribution < -0.4 is 0 Å². The van der Waals surface area contributed by atoms with Crippen LogP contribution in [0.4, 0.5) is 0 Å². The van der Waals surface area contributed by atoms with Crippen LogP contribution >= 0.6 is 0 Å². The monoisotopic (exact) mass is 498 g/mol. The molecule has 0 aromatic heterocycles. The quantitative estimate of drug-likeness (QED) is 0.353. The Morgan fingerprint density at radius 2 is 1.08 bits per heavy atom. The fraction of sp³-hybridized carbons (Fsp3) is 0.222. The van der Waals surface area contributed by atoms with Gasteiger partial charge in [-0.15, -0.1) is 0 Å². The molecule has 0 unspecified atom stereocenters. The predicted octanol–water partition coefficient (Wildman–Crippen LogP) is 4.46. The Kier molecular flexibility index (Phi) is 11.5. The highest BCUT2D eigenvalue weighted by Gasteiger charge is 2.12. The number of esters is 3. The molecule has 0 radical (unpaired) electrons. The zero-order valence-corrected chi connectivity index (χ0v) is 21.0. The molecular weight excluding hydrogens is 468 g/mol. The molecule has 3 N–H and O–H groups in total. The zero-order valence-electron chi connectivity index (χ0n) is 21.0. The van der Waals surface area contributed by atoms with Crippen molar-refractivity contribution in [2.24, 2.45) is 0 Å². The fourth-order valence-corrected chi connectivity index (χ4v) is 2.78. The first-order valence-electron chi connectivity index (χ1n) is 10.6. The predicted molar refractivity (Wildman–Crippen MR) is 133 cm³/mol. The molecule has 0 heterocycles. The second kappa shape index (κ2) is 14.0. The van der Waals surface area contributed by atoms with E-state index in [9.17, 15) is 29.7 Å². The Morgan fingerprint density at radius 1 is 0.583 bits per heavy atom. The van der Waals surface area contributed by atoms with E-state index >= 15 is 0 Å². The minimum absolute atomic E-state index is 0.00986. The number of hydrogen-bond donors (Lipinski definition) is 3. The van der Waals surface area contributed by atoms with Gasteiger partial charge in [-0.05, 0) is 62.2 Å². The minimum Gasteiger partial charge on any atom is -0.507 e. The third-order valence-corrected chi connectivity index (χ3v) is 4.76. The highest BCUT2D eigenvalue weighted by Crippen LogP contribution is 2.22. The van der Waals surface area contributed by atoms with Gasteiger partial charge in [-0.1, -0.05) is 29.8 Å². The van der Waals surface area contributed by atoms with Crippen LogP contribution in [0.5, 0.6) is 17.2 Å². The van der Waals surface area contributed by atoms with Gasteiger partial charge in [0.15, 0.2) is 0 Å². The summed E-state index contributed by atoms with van der Waals surface area (Å²) < 4.78 is 13.4. The SMILES string of the molecule is COC(=O)c1cc(C)ccc1O.COC(=O)c1ccc(C)cc1O.COC(=O)c1cccc(C)c1O. The van der Waals surface area contributed by atoms with Crippen molar-refractivity contribution >= 4 is 17.9 Å². The number of carbonyl (C=O) groups is 3. The van der Waals surface area contributed by atoms with Crippen molar-refractivity contribution in [1.29, 1.82) is 0 Å². The average molecular weight is 499 g/mol. The second-order valence-electron chi connectivity index (χ2n) is 7.49. The van der Waals surface area contributed by atoms with E-state index in [1.807, 2.05) is 13.8 Å². The van der Waals surface area contributed by atoms with Gasteiger partial charge < -0.3 is 29.5 Å². The molecule has 3 aromatic rings. The van der Waals surface area contributed by atoms with Gasteiger partial charge in [0.1, 0.15) is 33.9 Å². The van der Waals surface area contributed by atoms with Crippen molar-refractivity contribution in [2.75, 3.05) is 21.3 Å². The van der Waals surface area contributed by atoms with Crippen LogP contribution in [0.1, 0.15) is 47.8 Å². The number of ether oxygens (including phenoxy) is 3. The second-order valence-corrected chi connectivity index (χ2v) is 7.49. The maximum atomic E-state index is 11.0. The lowest BCUT2D eigenvalue weighted by Gasteiger charge is -2.03. The van der Waals surface area contributed by atoms with Crippen molar-refractivity contribution < 1.29 is 43.9 Å². The molecule has 0 atom stereocenters. The number of methoxy groups -OCH3 is 3. The first kappa shape index (κ1) is 29.5. The van der Waals surface area contributed by atoms with Gasteiger partial charge >= 0.3 is 17.9 Å². The summed E-state index contributed by atoms with van der Waals surface area (Å²) in [6.45, 7) is 5.40. The van der Waals surface area contributed by atoms with Crippen LogP contribution in [0.15, 0.2) is 54.6 Å². The molecule has 0 aliphatic heterocycles. The summed E-state index contributed by atoms with van der Waals surface area (Å²) in [5, 5.41) is 27.9. The molecule has 9 heteroatoms. The van der Waals surface area contributed by atoms with E-state index in [2.05, 4.69) is 14.2 Å². The lowest BCUT2D eigenvalue weighted by molar-refractivity contribution is 0.0588. The summed E-state index contributed by atoms with van der Waals surface area (Å²) in [7, 11) is 3.84. The van der Waals surface area contributed by atoms with Gasteiger partial charge in [-0.3, -0.25) is 0 Å². The lowest BCUT2D eigenvalue weighted by Crippen LogP contribution is -2.01. The number of aromatic hydroxyl groups is 3. The fourth-order valence-electron chi connectivity index (χ4n) is 2.78. The molecule has 0 aliphatic carbocycles. The van der Waals surface area contributed by atoms with Gasteiger partial charge in [0.25, 0.3) is 0 Å². The minimum atomic E-state index is -0.521. The molecule has 0 aliphatic rings. The smallest absolute Gasteiger partial charge is 0.341 e. The molecular formula is C27H30O9. The molecule has 0 spiro atoms. The van der Waals surface area contributed by atoms with E-state index < -0.39 is 17.9 Å². The first-order valence-corrected chi connectivity index (χ1v) is 10.6. The van der Waals surface area contributed by atoms with Crippen LogP contribution in [0.2, 0.25) is 0 Å². The number of aryl methyl sites for hydroxylation is 3. The van der Waals surface area contributed by atoms with Gasteiger partial charge in [0, 0.05) is 0 Å². The van der Waals surface area contributed by atoms with Crippen molar-refractivity contribution in [2.45, 2.75) is 20.8 Å². The zero-order chi connectivity index (χ0) is 27.4. The Labute approximate surface area is 209 Å². The maximum absolute atomic E-state index is 11.0. The third kappa shape index (κ3) is 8.35. The van der Waals surface area contributed by atoms with Crippen LogP contribution in [0.25, 0.3) is 0 Å². The summed E-state index contributed by atoms with van der Waals surface area (Å²) in [6, 6.07) is 14.5. The molecule has 0 amide bonds. The number of benzene rings is 3. The summed E-state index contributed by atoms with van der Waals surface area (Å²) in [4.78, 5) is 33.0. The highest BCUT2D eigenvalue weighted by atomic mass is 16.5. The highest BCUT2D eigenvalue weighted by molar-refractivity contribution is 5.93. The molecule has 0 fully saturated rings. The van der Waals surface area contributed by atoms with Crippen molar-refractivity contribution in [3.8, 4) is 17.2 Å². The molecule has 0 bridgehead atoms. The summed E-state index contributed by atoms with van der Waals surface area (Å²) in [6.07, 6.45) is 0. The topological polar surface area (TPSA) is 140 Å². The number of rotatable bonds is 3. The van der Waals surface area contributed by atoms with Crippen LogP contribution in [0, 0.1) is 20.8 Å². The number of para-hydroxylation sites is 1. The van der Waals surface area contributed by atoms with Crippen LogP contribution in [-0.2, 0) is 14.2 Å². The standard InChI is InChI=1S/3C9H10O3/c1-6-3-4-8(10)7(5-6)9(11)12-2;1-6-3-4-7(8(10)5-6)9(11)12-2;1-6-4-3-5-7(8(6)10)9(11)12-2/h3*3-5,10H,1-2H3. The van der Waals surface area contributed by atoms with Crippen molar-refractivity contribution in [3.63, 3.8) is 0 Å². The van der Waals surface area contributed by atoms with Gasteiger partial charge in [0.05, 0.1) is 21.3 Å². The van der Waals surface area contributed by atoms with Gasteiger partial charge in [-0.2, -0.15) is 0 Å². The molecule has 3 aromatic carbocycles. The molecule has 36 heavy (non-hydrogen) atoms. The van der Waals surface area contributed by atoms with Gasteiger partial charge in [0.2, 0.25) is 0 Å². The van der Waals surface area contributed by atoms with Crippen LogP contribution in [-0.4, -0.2) is 54.6 Å².